The third kappa shape index (κ3) is 7.42. The minimum atomic E-state index is -0.635. The maximum atomic E-state index is 12.7. The summed E-state index contributed by atoms with van der Waals surface area (Å²) in [7, 11) is 2.48. The standard InChI is InChI=1S/C27H29N7O6S/c1-16-12-17(2)29-25(28-16)31-26(34-9-7-33(8-10-34)22(35)21-6-5-11-40-21)32-27(41)30-20-14-18(23(36)38-3)13-19(15-20)24(37)39-4/h5-6,11-15H,7-10H2,1-4H3,(H2,28,29,30,31,32,41). The van der Waals surface area contributed by atoms with Gasteiger partial charge < -0.3 is 29.0 Å². The molecule has 1 saturated heterocycles. The van der Waals surface area contributed by atoms with Crippen molar-refractivity contribution >= 4 is 52.8 Å². The average molecular weight is 580 g/mol. The van der Waals surface area contributed by atoms with Crippen LogP contribution in [0.2, 0.25) is 0 Å². The topological polar surface area (TPSA) is 151 Å². The van der Waals surface area contributed by atoms with Gasteiger partial charge in [0.2, 0.25) is 17.0 Å². The lowest BCUT2D eigenvalue weighted by atomic mass is 10.1. The van der Waals surface area contributed by atoms with Gasteiger partial charge in [0.15, 0.2) is 5.76 Å². The second kappa shape index (κ2) is 13.0. The first-order valence-corrected chi connectivity index (χ1v) is 13.0. The fraction of sp³-hybridized carbons (Fsp3) is 0.296. The first-order valence-electron chi connectivity index (χ1n) is 12.5. The van der Waals surface area contributed by atoms with Gasteiger partial charge in [0.05, 0.1) is 31.6 Å². The van der Waals surface area contributed by atoms with E-state index in [4.69, 9.17) is 26.1 Å². The molecule has 1 fully saturated rings. The maximum absolute atomic E-state index is 12.7. The van der Waals surface area contributed by atoms with Gasteiger partial charge in [-0.25, -0.2) is 19.6 Å². The first kappa shape index (κ1) is 29.1. The molecule has 0 bridgehead atoms. The predicted octanol–water partition coefficient (Wildman–Crippen LogP) is 2.88. The number of ether oxygens (including phenoxy) is 2. The highest BCUT2D eigenvalue weighted by molar-refractivity contribution is 7.80. The SMILES string of the molecule is COC(=O)c1cc(NC(=S)/N=C(/Nc2nc(C)cc(C)n2)N2CCN(C(=O)c3ccco3)CC2)cc(C(=O)OC)c1. The summed E-state index contributed by atoms with van der Waals surface area (Å²) in [5, 5.41) is 6.13. The van der Waals surface area contributed by atoms with E-state index in [1.54, 1.807) is 17.0 Å². The molecule has 0 unspecified atom stereocenters. The van der Waals surface area contributed by atoms with Crippen molar-refractivity contribution in [2.75, 3.05) is 51.0 Å². The molecule has 3 aromatic rings. The lowest BCUT2D eigenvalue weighted by molar-refractivity contribution is 0.0597. The first-order chi connectivity index (χ1) is 19.7. The molecule has 0 aliphatic carbocycles. The van der Waals surface area contributed by atoms with Gasteiger partial charge in [-0.3, -0.25) is 10.1 Å². The van der Waals surface area contributed by atoms with Crippen LogP contribution < -0.4 is 10.6 Å². The lowest BCUT2D eigenvalue weighted by Crippen LogP contribution is -2.52. The molecule has 0 radical (unpaired) electrons. The summed E-state index contributed by atoms with van der Waals surface area (Å²) in [5.41, 5.74) is 2.12. The van der Waals surface area contributed by atoms with Crippen LogP contribution in [0, 0.1) is 13.8 Å². The second-order valence-electron chi connectivity index (χ2n) is 9.00. The summed E-state index contributed by atoms with van der Waals surface area (Å²) in [5.74, 6) is -0.495. The second-order valence-corrected chi connectivity index (χ2v) is 9.39. The van der Waals surface area contributed by atoms with Crippen molar-refractivity contribution in [1.29, 1.82) is 0 Å². The minimum Gasteiger partial charge on any atom is -0.465 e. The van der Waals surface area contributed by atoms with Crippen molar-refractivity contribution in [3.8, 4) is 0 Å². The highest BCUT2D eigenvalue weighted by Gasteiger charge is 2.26. The zero-order valence-electron chi connectivity index (χ0n) is 23.0. The van der Waals surface area contributed by atoms with Gasteiger partial charge in [-0.15, -0.1) is 0 Å². The zero-order chi connectivity index (χ0) is 29.5. The van der Waals surface area contributed by atoms with Crippen LogP contribution in [0.3, 0.4) is 0 Å². The van der Waals surface area contributed by atoms with Crippen molar-refractivity contribution < 1.29 is 28.3 Å². The largest absolute Gasteiger partial charge is 0.465 e. The Labute approximate surface area is 241 Å². The highest BCUT2D eigenvalue weighted by Crippen LogP contribution is 2.18. The normalized spacial score (nSPS) is 13.4. The molecule has 1 amide bonds. The number of nitrogens with one attached hydrogen (secondary N) is 2. The smallest absolute Gasteiger partial charge is 0.337 e. The van der Waals surface area contributed by atoms with Gasteiger partial charge in [0.25, 0.3) is 5.91 Å². The van der Waals surface area contributed by atoms with Gasteiger partial charge in [0, 0.05) is 43.3 Å². The number of esters is 2. The molecule has 3 heterocycles. The van der Waals surface area contributed by atoms with E-state index in [-0.39, 0.29) is 27.9 Å². The Morgan fingerprint density at radius 3 is 2.02 bits per heavy atom. The highest BCUT2D eigenvalue weighted by atomic mass is 32.1. The zero-order valence-corrected chi connectivity index (χ0v) is 23.8. The molecule has 0 spiro atoms. The minimum absolute atomic E-state index is 0.0313. The monoisotopic (exact) mass is 579 g/mol. The van der Waals surface area contributed by atoms with Gasteiger partial charge in [-0.1, -0.05) is 0 Å². The van der Waals surface area contributed by atoms with Crippen LogP contribution in [0.15, 0.2) is 52.1 Å². The Balaban J connectivity index is 1.58. The number of amides is 1. The van der Waals surface area contributed by atoms with E-state index < -0.39 is 11.9 Å². The van der Waals surface area contributed by atoms with Crippen molar-refractivity contribution in [1.82, 2.24) is 19.8 Å². The van der Waals surface area contributed by atoms with Crippen molar-refractivity contribution in [3.63, 3.8) is 0 Å². The Morgan fingerprint density at radius 1 is 0.902 bits per heavy atom. The number of thiocarbonyl (C=S) groups is 1. The third-order valence-corrected chi connectivity index (χ3v) is 6.23. The Hall–Kier alpha value is -4.85. The summed E-state index contributed by atoms with van der Waals surface area (Å²) in [4.78, 5) is 54.2. The molecule has 1 aliphatic heterocycles. The number of aromatic nitrogens is 2. The molecular formula is C27H29N7O6S. The maximum Gasteiger partial charge on any atom is 0.337 e. The van der Waals surface area contributed by atoms with Crippen molar-refractivity contribution in [3.05, 3.63) is 70.9 Å². The molecular weight excluding hydrogens is 550 g/mol. The number of carbonyl (C=O) groups excluding carboxylic acids is 3. The quantitative estimate of drug-likeness (QED) is 0.198. The van der Waals surface area contributed by atoms with Crippen LogP contribution >= 0.6 is 12.2 Å². The van der Waals surface area contributed by atoms with E-state index in [1.165, 1.54) is 38.7 Å². The molecule has 2 N–H and O–H groups in total. The fourth-order valence-corrected chi connectivity index (χ4v) is 4.36. The van der Waals surface area contributed by atoms with Crippen LogP contribution in [0.1, 0.15) is 42.7 Å². The predicted molar refractivity (Wildman–Crippen MR) is 154 cm³/mol. The number of benzene rings is 1. The fourth-order valence-electron chi connectivity index (χ4n) is 4.16. The van der Waals surface area contributed by atoms with Crippen molar-refractivity contribution in [2.24, 2.45) is 4.99 Å². The summed E-state index contributed by atoms with van der Waals surface area (Å²) in [6, 6.07) is 9.48. The molecule has 0 atom stereocenters. The van der Waals surface area contributed by atoms with Crippen LogP contribution in [0.25, 0.3) is 0 Å². The van der Waals surface area contributed by atoms with Crippen LogP contribution in [-0.4, -0.2) is 89.1 Å². The van der Waals surface area contributed by atoms with E-state index in [0.717, 1.165) is 11.4 Å². The Kier molecular flexibility index (Phi) is 9.24. The third-order valence-electron chi connectivity index (χ3n) is 6.04. The molecule has 13 nitrogen and oxygen atoms in total. The van der Waals surface area contributed by atoms with Gasteiger partial charge in [-0.2, -0.15) is 4.99 Å². The summed E-state index contributed by atoms with van der Waals surface area (Å²) >= 11 is 5.53. The number of guanidine groups is 1. The average Bonchev–Trinajstić information content (AvgIpc) is 3.50. The van der Waals surface area contributed by atoms with Crippen LogP contribution in [0.5, 0.6) is 0 Å². The number of hydrogen-bond donors (Lipinski definition) is 2. The van der Waals surface area contributed by atoms with E-state index >= 15 is 0 Å². The van der Waals surface area contributed by atoms with Crippen molar-refractivity contribution in [2.45, 2.75) is 13.8 Å². The number of rotatable bonds is 5. The molecule has 2 aromatic heterocycles. The van der Waals surface area contributed by atoms with E-state index in [0.29, 0.717) is 43.8 Å². The number of carbonyl (C=O) groups is 3. The number of methoxy groups -OCH3 is 2. The van der Waals surface area contributed by atoms with Gasteiger partial charge in [-0.05, 0) is 62.5 Å². The summed E-state index contributed by atoms with van der Waals surface area (Å²) in [6.07, 6.45) is 1.46. The Morgan fingerprint density at radius 2 is 1.49 bits per heavy atom. The number of nitrogens with zero attached hydrogens (tertiary/aromatic N) is 5. The number of furan rings is 1. The summed E-state index contributed by atoms with van der Waals surface area (Å²) in [6.45, 7) is 5.42. The lowest BCUT2D eigenvalue weighted by Gasteiger charge is -2.36. The van der Waals surface area contributed by atoms with Crippen LogP contribution in [-0.2, 0) is 9.47 Å². The number of piperazine rings is 1. The number of anilines is 2. The number of hydrogen-bond acceptors (Lipinski definition) is 9. The molecule has 1 aromatic carbocycles. The molecule has 41 heavy (non-hydrogen) atoms. The van der Waals surface area contributed by atoms with E-state index in [1.807, 2.05) is 24.8 Å². The van der Waals surface area contributed by atoms with Gasteiger partial charge >= 0.3 is 11.9 Å². The molecule has 14 heteroatoms. The summed E-state index contributed by atoms with van der Waals surface area (Å²) < 4.78 is 14.9. The van der Waals surface area contributed by atoms with Crippen LogP contribution in [0.4, 0.5) is 11.6 Å². The number of aryl methyl sites for hydroxylation is 2. The molecule has 214 valence electrons. The van der Waals surface area contributed by atoms with E-state index in [2.05, 4.69) is 25.6 Å². The number of aliphatic imine (C=N–C) groups is 1. The molecule has 0 saturated carbocycles. The molecule has 4 rings (SSSR count). The van der Waals surface area contributed by atoms with E-state index in [9.17, 15) is 14.4 Å². The molecule has 1 aliphatic rings. The Bertz CT molecular complexity index is 1430. The van der Waals surface area contributed by atoms with Gasteiger partial charge in [0.1, 0.15) is 0 Å².